The number of aromatic nitrogens is 2. The second kappa shape index (κ2) is 6.75. The summed E-state index contributed by atoms with van der Waals surface area (Å²) in [6.07, 6.45) is 5.05. The van der Waals surface area contributed by atoms with Crippen molar-refractivity contribution in [2.45, 2.75) is 38.6 Å². The van der Waals surface area contributed by atoms with Gasteiger partial charge in [-0.3, -0.25) is 4.68 Å². The minimum atomic E-state index is 0.124. The number of aryl methyl sites for hydroxylation is 1. The van der Waals surface area contributed by atoms with Crippen molar-refractivity contribution in [3.05, 3.63) is 52.3 Å². The first-order chi connectivity index (χ1) is 9.83. The predicted molar refractivity (Wildman–Crippen MR) is 91.6 cm³/mol. The highest BCUT2D eigenvalue weighted by atomic mass is 79.9. The highest BCUT2D eigenvalue weighted by molar-refractivity contribution is 9.10. The summed E-state index contributed by atoms with van der Waals surface area (Å²) in [6, 6.07) is 8.59. The number of hydrogen-bond acceptors (Lipinski definition) is 2. The van der Waals surface area contributed by atoms with E-state index in [4.69, 9.17) is 0 Å². The standard InChI is InChI=1S/C17H24BrN3/c1-17(2,3)19-11-15(8-13-10-20-21(4)12-13)14-6-5-7-16(18)9-14/h5-7,9-10,12,15,19H,8,11H2,1-4H3. The lowest BCUT2D eigenvalue weighted by Gasteiger charge is -2.25. The molecule has 0 fully saturated rings. The van der Waals surface area contributed by atoms with Gasteiger partial charge in [-0.15, -0.1) is 0 Å². The van der Waals surface area contributed by atoms with Gasteiger partial charge in [0, 0.05) is 35.7 Å². The van der Waals surface area contributed by atoms with Crippen LogP contribution in [-0.4, -0.2) is 21.9 Å². The number of hydrogen-bond donors (Lipinski definition) is 1. The van der Waals surface area contributed by atoms with Crippen molar-refractivity contribution in [1.29, 1.82) is 0 Å². The van der Waals surface area contributed by atoms with Crippen molar-refractivity contribution in [1.82, 2.24) is 15.1 Å². The Morgan fingerprint density at radius 1 is 1.33 bits per heavy atom. The summed E-state index contributed by atoms with van der Waals surface area (Å²) in [5, 5.41) is 7.90. The van der Waals surface area contributed by atoms with Gasteiger partial charge in [0.15, 0.2) is 0 Å². The van der Waals surface area contributed by atoms with Gasteiger partial charge in [0.1, 0.15) is 0 Å². The smallest absolute Gasteiger partial charge is 0.0521 e. The number of rotatable bonds is 5. The minimum absolute atomic E-state index is 0.124. The number of benzene rings is 1. The molecule has 114 valence electrons. The molecule has 3 nitrogen and oxygen atoms in total. The van der Waals surface area contributed by atoms with E-state index in [-0.39, 0.29) is 5.54 Å². The third kappa shape index (κ3) is 5.29. The lowest BCUT2D eigenvalue weighted by atomic mass is 9.92. The Morgan fingerprint density at radius 3 is 2.67 bits per heavy atom. The Balaban J connectivity index is 2.17. The molecule has 0 saturated carbocycles. The van der Waals surface area contributed by atoms with Gasteiger partial charge in [-0.2, -0.15) is 5.10 Å². The molecule has 0 aliphatic rings. The average Bonchev–Trinajstić information content (AvgIpc) is 2.79. The maximum atomic E-state index is 4.28. The zero-order valence-corrected chi connectivity index (χ0v) is 14.8. The van der Waals surface area contributed by atoms with Crippen molar-refractivity contribution in [2.75, 3.05) is 6.54 Å². The fraction of sp³-hybridized carbons (Fsp3) is 0.471. The fourth-order valence-electron chi connectivity index (χ4n) is 2.36. The van der Waals surface area contributed by atoms with E-state index in [1.54, 1.807) is 0 Å². The zero-order valence-electron chi connectivity index (χ0n) is 13.2. The molecular formula is C17H24BrN3. The topological polar surface area (TPSA) is 29.9 Å². The van der Waals surface area contributed by atoms with Crippen LogP contribution in [0, 0.1) is 0 Å². The van der Waals surface area contributed by atoms with Crippen LogP contribution in [0.4, 0.5) is 0 Å². The second-order valence-electron chi connectivity index (χ2n) is 6.61. The summed E-state index contributed by atoms with van der Waals surface area (Å²) in [6.45, 7) is 7.56. The van der Waals surface area contributed by atoms with Crippen LogP contribution < -0.4 is 5.32 Å². The van der Waals surface area contributed by atoms with E-state index in [1.807, 2.05) is 17.9 Å². The van der Waals surface area contributed by atoms with E-state index in [2.05, 4.69) is 77.6 Å². The zero-order chi connectivity index (χ0) is 15.5. The lowest BCUT2D eigenvalue weighted by Crippen LogP contribution is -2.39. The molecule has 0 radical (unpaired) electrons. The van der Waals surface area contributed by atoms with Crippen LogP contribution in [0.25, 0.3) is 0 Å². The van der Waals surface area contributed by atoms with E-state index in [1.165, 1.54) is 11.1 Å². The maximum Gasteiger partial charge on any atom is 0.0521 e. The monoisotopic (exact) mass is 349 g/mol. The maximum absolute atomic E-state index is 4.28. The van der Waals surface area contributed by atoms with E-state index >= 15 is 0 Å². The van der Waals surface area contributed by atoms with Crippen LogP contribution in [0.1, 0.15) is 37.8 Å². The molecular weight excluding hydrogens is 326 g/mol. The van der Waals surface area contributed by atoms with Gasteiger partial charge < -0.3 is 5.32 Å². The molecule has 0 amide bonds. The van der Waals surface area contributed by atoms with Crippen molar-refractivity contribution in [2.24, 2.45) is 7.05 Å². The first-order valence-corrected chi connectivity index (χ1v) is 8.11. The van der Waals surface area contributed by atoms with E-state index < -0.39 is 0 Å². The third-order valence-electron chi connectivity index (χ3n) is 3.44. The Hall–Kier alpha value is -1.13. The Bertz CT molecular complexity index is 584. The van der Waals surface area contributed by atoms with Crippen LogP contribution >= 0.6 is 15.9 Å². The third-order valence-corrected chi connectivity index (χ3v) is 3.93. The molecule has 0 aliphatic heterocycles. The quantitative estimate of drug-likeness (QED) is 0.886. The van der Waals surface area contributed by atoms with Gasteiger partial charge in [-0.25, -0.2) is 0 Å². The summed E-state index contributed by atoms with van der Waals surface area (Å²) < 4.78 is 3.00. The summed E-state index contributed by atoms with van der Waals surface area (Å²) in [5.41, 5.74) is 2.75. The van der Waals surface area contributed by atoms with Gasteiger partial charge >= 0.3 is 0 Å². The van der Waals surface area contributed by atoms with Gasteiger partial charge in [-0.05, 0) is 50.5 Å². The van der Waals surface area contributed by atoms with Gasteiger partial charge in [0.2, 0.25) is 0 Å². The molecule has 1 aromatic heterocycles. The highest BCUT2D eigenvalue weighted by Gasteiger charge is 2.17. The summed E-state index contributed by atoms with van der Waals surface area (Å²) in [5.74, 6) is 0.436. The lowest BCUT2D eigenvalue weighted by molar-refractivity contribution is 0.405. The van der Waals surface area contributed by atoms with E-state index in [0.29, 0.717) is 5.92 Å². The normalized spacial score (nSPS) is 13.4. The number of nitrogens with zero attached hydrogens (tertiary/aromatic N) is 2. The van der Waals surface area contributed by atoms with Crippen LogP contribution in [0.3, 0.4) is 0 Å². The minimum Gasteiger partial charge on any atom is -0.311 e. The van der Waals surface area contributed by atoms with Crippen LogP contribution in [0.5, 0.6) is 0 Å². The number of nitrogens with one attached hydrogen (secondary N) is 1. The van der Waals surface area contributed by atoms with E-state index in [0.717, 1.165) is 17.4 Å². The predicted octanol–water partition coefficient (Wildman–Crippen LogP) is 3.90. The molecule has 2 rings (SSSR count). The molecule has 1 N–H and O–H groups in total. The second-order valence-corrected chi connectivity index (χ2v) is 7.52. The molecule has 1 unspecified atom stereocenters. The molecule has 0 bridgehead atoms. The summed E-state index contributed by atoms with van der Waals surface area (Å²) >= 11 is 3.57. The van der Waals surface area contributed by atoms with Crippen LogP contribution in [0.2, 0.25) is 0 Å². The van der Waals surface area contributed by atoms with Crippen molar-refractivity contribution >= 4 is 15.9 Å². The largest absolute Gasteiger partial charge is 0.311 e. The molecule has 1 atom stereocenters. The Kier molecular flexibility index (Phi) is 5.22. The van der Waals surface area contributed by atoms with Gasteiger partial charge in [0.25, 0.3) is 0 Å². The summed E-state index contributed by atoms with van der Waals surface area (Å²) in [7, 11) is 1.96. The van der Waals surface area contributed by atoms with Crippen molar-refractivity contribution in [3.63, 3.8) is 0 Å². The average molecular weight is 350 g/mol. The van der Waals surface area contributed by atoms with Gasteiger partial charge in [0.05, 0.1) is 6.20 Å². The molecule has 4 heteroatoms. The number of halogens is 1. The Morgan fingerprint density at radius 2 is 2.10 bits per heavy atom. The molecule has 1 aromatic carbocycles. The van der Waals surface area contributed by atoms with Crippen molar-refractivity contribution < 1.29 is 0 Å². The molecule has 2 aromatic rings. The molecule has 0 aliphatic carbocycles. The highest BCUT2D eigenvalue weighted by Crippen LogP contribution is 2.24. The van der Waals surface area contributed by atoms with Crippen LogP contribution in [-0.2, 0) is 13.5 Å². The summed E-state index contributed by atoms with van der Waals surface area (Å²) in [4.78, 5) is 0. The van der Waals surface area contributed by atoms with Gasteiger partial charge in [-0.1, -0.05) is 28.1 Å². The molecule has 0 spiro atoms. The van der Waals surface area contributed by atoms with Crippen molar-refractivity contribution in [3.8, 4) is 0 Å². The molecule has 21 heavy (non-hydrogen) atoms. The first kappa shape index (κ1) is 16.2. The SMILES string of the molecule is Cn1cc(CC(CNC(C)(C)C)c2cccc(Br)c2)cn1. The van der Waals surface area contributed by atoms with Crippen LogP contribution in [0.15, 0.2) is 41.1 Å². The first-order valence-electron chi connectivity index (χ1n) is 7.31. The fourth-order valence-corrected chi connectivity index (χ4v) is 2.78. The van der Waals surface area contributed by atoms with E-state index in [9.17, 15) is 0 Å². The molecule has 0 saturated heterocycles. The Labute approximate surface area is 135 Å². The molecule has 1 heterocycles.